The van der Waals surface area contributed by atoms with Crippen LogP contribution in [-0.2, 0) is 21.8 Å². The molecule has 0 radical (unpaired) electrons. The minimum absolute atomic E-state index is 0.163. The first-order valence-corrected chi connectivity index (χ1v) is 8.77. The predicted octanol–water partition coefficient (Wildman–Crippen LogP) is 0.985. The first-order valence-electron chi connectivity index (χ1n) is 6.21. The number of aromatic nitrogens is 2. The van der Waals surface area contributed by atoms with E-state index in [1.54, 1.807) is 7.05 Å². The van der Waals surface area contributed by atoms with Crippen LogP contribution in [0.4, 0.5) is 0 Å². The van der Waals surface area contributed by atoms with Gasteiger partial charge in [-0.1, -0.05) is 15.9 Å². The second kappa shape index (κ2) is 6.34. The van der Waals surface area contributed by atoms with Gasteiger partial charge in [0.15, 0.2) is 5.03 Å². The van der Waals surface area contributed by atoms with Crippen molar-refractivity contribution in [1.29, 1.82) is 0 Å². The lowest BCUT2D eigenvalue weighted by Crippen LogP contribution is -2.41. The Balaban J connectivity index is 2.00. The minimum Gasteiger partial charge on any atom is -0.377 e. The molecule has 0 unspecified atom stereocenters. The average molecular weight is 352 g/mol. The number of sulfonamides is 1. The molecular weight excluding hydrogens is 334 g/mol. The highest BCUT2D eigenvalue weighted by Gasteiger charge is 2.31. The molecule has 0 N–H and O–H groups in total. The number of piperidine rings is 1. The zero-order valence-electron chi connectivity index (χ0n) is 10.8. The molecule has 0 saturated carbocycles. The maximum atomic E-state index is 12.4. The number of ether oxygens (including phenoxy) is 1. The molecule has 0 amide bonds. The van der Waals surface area contributed by atoms with Gasteiger partial charge in [-0.3, -0.25) is 4.68 Å². The van der Waals surface area contributed by atoms with Crippen LogP contribution in [0.2, 0.25) is 0 Å². The molecule has 1 fully saturated rings. The van der Waals surface area contributed by atoms with Gasteiger partial charge in [0.1, 0.15) is 0 Å². The molecule has 19 heavy (non-hydrogen) atoms. The van der Waals surface area contributed by atoms with Gasteiger partial charge in [-0.25, -0.2) is 8.42 Å². The van der Waals surface area contributed by atoms with E-state index in [1.165, 1.54) is 21.3 Å². The van der Waals surface area contributed by atoms with E-state index in [0.717, 1.165) is 18.2 Å². The van der Waals surface area contributed by atoms with Gasteiger partial charge in [0.25, 0.3) is 10.0 Å². The zero-order valence-corrected chi connectivity index (χ0v) is 13.2. The number of rotatable bonds is 5. The van der Waals surface area contributed by atoms with Gasteiger partial charge in [0, 0.05) is 25.5 Å². The van der Waals surface area contributed by atoms with Crippen molar-refractivity contribution in [1.82, 2.24) is 14.1 Å². The molecule has 1 aliphatic heterocycles. The maximum Gasteiger partial charge on any atom is 0.260 e. The van der Waals surface area contributed by atoms with Crippen molar-refractivity contribution in [3.8, 4) is 0 Å². The standard InChI is InChI=1S/C11H18BrN3O3S/c1-14-11(2-6-13-14)19(16,17)15-7-3-10(4-8-15)18-9-5-12/h2,6,10H,3-5,7-9H2,1H3. The van der Waals surface area contributed by atoms with Crippen molar-refractivity contribution < 1.29 is 13.2 Å². The van der Waals surface area contributed by atoms with Crippen LogP contribution in [0.3, 0.4) is 0 Å². The Morgan fingerprint density at radius 3 is 2.68 bits per heavy atom. The third-order valence-electron chi connectivity index (χ3n) is 3.21. The number of halogens is 1. The Hall–Kier alpha value is -0.440. The molecule has 8 heteroatoms. The second-order valence-electron chi connectivity index (χ2n) is 4.46. The van der Waals surface area contributed by atoms with Crippen molar-refractivity contribution in [3.05, 3.63) is 12.3 Å². The predicted molar refractivity (Wildman–Crippen MR) is 74.7 cm³/mol. The van der Waals surface area contributed by atoms with Crippen LogP contribution in [0.5, 0.6) is 0 Å². The third kappa shape index (κ3) is 3.36. The highest BCUT2D eigenvalue weighted by atomic mass is 79.9. The maximum absolute atomic E-state index is 12.4. The number of aryl methyl sites for hydroxylation is 1. The summed E-state index contributed by atoms with van der Waals surface area (Å²) in [6.45, 7) is 1.67. The van der Waals surface area contributed by atoms with Crippen molar-refractivity contribution in [2.24, 2.45) is 7.05 Å². The van der Waals surface area contributed by atoms with E-state index in [9.17, 15) is 8.42 Å². The quantitative estimate of drug-likeness (QED) is 0.742. The molecule has 0 bridgehead atoms. The van der Waals surface area contributed by atoms with Crippen LogP contribution in [0.15, 0.2) is 17.3 Å². The molecule has 6 nitrogen and oxygen atoms in total. The highest BCUT2D eigenvalue weighted by molar-refractivity contribution is 9.09. The molecule has 1 aromatic rings. The Morgan fingerprint density at radius 1 is 1.47 bits per heavy atom. The van der Waals surface area contributed by atoms with Crippen molar-refractivity contribution in [3.63, 3.8) is 0 Å². The van der Waals surface area contributed by atoms with Crippen LogP contribution >= 0.6 is 15.9 Å². The van der Waals surface area contributed by atoms with Crippen LogP contribution in [-0.4, -0.2) is 53.6 Å². The highest BCUT2D eigenvalue weighted by Crippen LogP contribution is 2.21. The van der Waals surface area contributed by atoms with E-state index in [-0.39, 0.29) is 11.1 Å². The van der Waals surface area contributed by atoms with Crippen LogP contribution in [0.1, 0.15) is 12.8 Å². The van der Waals surface area contributed by atoms with Crippen molar-refractivity contribution in [2.75, 3.05) is 25.0 Å². The molecule has 1 aromatic heterocycles. The monoisotopic (exact) mass is 351 g/mol. The Morgan fingerprint density at radius 2 is 2.16 bits per heavy atom. The van der Waals surface area contributed by atoms with Gasteiger partial charge in [-0.05, 0) is 18.9 Å². The van der Waals surface area contributed by atoms with Crippen LogP contribution in [0.25, 0.3) is 0 Å². The SMILES string of the molecule is Cn1nccc1S(=O)(=O)N1CCC(OCCBr)CC1. The van der Waals surface area contributed by atoms with E-state index in [0.29, 0.717) is 19.7 Å². The summed E-state index contributed by atoms with van der Waals surface area (Å²) in [5, 5.41) is 4.96. The molecule has 1 aliphatic rings. The normalized spacial score (nSPS) is 18.8. The van der Waals surface area contributed by atoms with Gasteiger partial charge in [0.2, 0.25) is 0 Å². The van der Waals surface area contributed by atoms with Crippen LogP contribution < -0.4 is 0 Å². The summed E-state index contributed by atoms with van der Waals surface area (Å²) in [4.78, 5) is 0. The summed E-state index contributed by atoms with van der Waals surface area (Å²) in [6, 6.07) is 1.53. The molecule has 0 aromatic carbocycles. The molecule has 0 spiro atoms. The van der Waals surface area contributed by atoms with Gasteiger partial charge in [-0.2, -0.15) is 9.40 Å². The number of nitrogens with zero attached hydrogens (tertiary/aromatic N) is 3. The Labute approximate surface area is 121 Å². The fraction of sp³-hybridized carbons (Fsp3) is 0.727. The summed E-state index contributed by atoms with van der Waals surface area (Å²) in [5.41, 5.74) is 0. The summed E-state index contributed by atoms with van der Waals surface area (Å²) in [7, 11) is -1.79. The number of alkyl halides is 1. The van der Waals surface area contributed by atoms with E-state index in [2.05, 4.69) is 21.0 Å². The van der Waals surface area contributed by atoms with E-state index >= 15 is 0 Å². The fourth-order valence-corrected chi connectivity index (χ4v) is 3.95. The van der Waals surface area contributed by atoms with Gasteiger partial charge in [0.05, 0.1) is 18.9 Å². The number of hydrogen-bond donors (Lipinski definition) is 0. The molecule has 2 rings (SSSR count). The first kappa shape index (κ1) is 15.0. The summed E-state index contributed by atoms with van der Waals surface area (Å²) >= 11 is 3.31. The summed E-state index contributed by atoms with van der Waals surface area (Å²) in [5.74, 6) is 0. The fourth-order valence-electron chi connectivity index (χ4n) is 2.20. The molecule has 0 aliphatic carbocycles. The second-order valence-corrected chi connectivity index (χ2v) is 7.13. The van der Waals surface area contributed by atoms with Crippen molar-refractivity contribution >= 4 is 26.0 Å². The lowest BCUT2D eigenvalue weighted by Gasteiger charge is -2.30. The smallest absolute Gasteiger partial charge is 0.260 e. The molecule has 108 valence electrons. The van der Waals surface area contributed by atoms with Crippen LogP contribution in [0, 0.1) is 0 Å². The lowest BCUT2D eigenvalue weighted by molar-refractivity contribution is 0.0308. The first-order chi connectivity index (χ1) is 9.05. The minimum atomic E-state index is -3.42. The average Bonchev–Trinajstić information content (AvgIpc) is 2.84. The Bertz CT molecular complexity index is 509. The lowest BCUT2D eigenvalue weighted by atomic mass is 10.1. The largest absolute Gasteiger partial charge is 0.377 e. The topological polar surface area (TPSA) is 64.4 Å². The van der Waals surface area contributed by atoms with Gasteiger partial charge < -0.3 is 4.74 Å². The summed E-state index contributed by atoms with van der Waals surface area (Å²) in [6.07, 6.45) is 3.14. The molecule has 2 heterocycles. The number of hydrogen-bond acceptors (Lipinski definition) is 4. The van der Waals surface area contributed by atoms with Gasteiger partial charge >= 0.3 is 0 Å². The van der Waals surface area contributed by atoms with E-state index in [1.807, 2.05) is 0 Å². The zero-order chi connectivity index (χ0) is 13.9. The molecule has 0 atom stereocenters. The molecule has 1 saturated heterocycles. The van der Waals surface area contributed by atoms with Gasteiger partial charge in [-0.15, -0.1) is 0 Å². The Kier molecular flexibility index (Phi) is 4.99. The molecular formula is C11H18BrN3O3S. The third-order valence-corrected chi connectivity index (χ3v) is 5.51. The van der Waals surface area contributed by atoms with E-state index in [4.69, 9.17) is 4.74 Å². The van der Waals surface area contributed by atoms with E-state index < -0.39 is 10.0 Å². The van der Waals surface area contributed by atoms with Crippen molar-refractivity contribution in [2.45, 2.75) is 24.0 Å². The summed E-state index contributed by atoms with van der Waals surface area (Å²) < 4.78 is 33.3.